The molecule has 2 rings (SSSR count). The molecule has 1 heterocycles. The standard InChI is InChI=1S/C13H22N2O2/c1-13(2,17)10-14-5-7-15(8-6-14)11-3-4-12(16)9-11/h9,17H,3-8,10H2,1-2H3. The molecule has 0 aromatic carbocycles. The largest absolute Gasteiger partial charge is 0.389 e. The molecule has 0 atom stereocenters. The molecule has 0 unspecified atom stereocenters. The maximum absolute atomic E-state index is 11.2. The molecule has 17 heavy (non-hydrogen) atoms. The minimum Gasteiger partial charge on any atom is -0.389 e. The van der Waals surface area contributed by atoms with E-state index >= 15 is 0 Å². The van der Waals surface area contributed by atoms with Gasteiger partial charge in [0.2, 0.25) is 0 Å². The highest BCUT2D eigenvalue weighted by atomic mass is 16.3. The van der Waals surface area contributed by atoms with Gasteiger partial charge < -0.3 is 10.0 Å². The zero-order chi connectivity index (χ0) is 12.5. The van der Waals surface area contributed by atoms with Crippen LogP contribution in [0.4, 0.5) is 0 Å². The lowest BCUT2D eigenvalue weighted by Crippen LogP contribution is -2.49. The van der Waals surface area contributed by atoms with E-state index in [1.807, 2.05) is 13.8 Å². The number of carbonyl (C=O) groups is 1. The van der Waals surface area contributed by atoms with Crippen molar-refractivity contribution in [3.8, 4) is 0 Å². The molecule has 96 valence electrons. The van der Waals surface area contributed by atoms with Crippen molar-refractivity contribution < 1.29 is 9.90 Å². The van der Waals surface area contributed by atoms with Gasteiger partial charge in [-0.15, -0.1) is 0 Å². The summed E-state index contributed by atoms with van der Waals surface area (Å²) in [6.45, 7) is 8.28. The van der Waals surface area contributed by atoms with Gasteiger partial charge >= 0.3 is 0 Å². The van der Waals surface area contributed by atoms with Crippen molar-refractivity contribution in [3.63, 3.8) is 0 Å². The summed E-state index contributed by atoms with van der Waals surface area (Å²) in [7, 11) is 0. The number of hydrogen-bond acceptors (Lipinski definition) is 4. The lowest BCUT2D eigenvalue weighted by molar-refractivity contribution is -0.114. The lowest BCUT2D eigenvalue weighted by atomic mass is 10.1. The minimum atomic E-state index is -0.620. The van der Waals surface area contributed by atoms with Gasteiger partial charge in [-0.3, -0.25) is 9.69 Å². The molecule has 4 nitrogen and oxygen atoms in total. The fraction of sp³-hybridized carbons (Fsp3) is 0.769. The number of β-amino-alcohol motifs (C(OH)–C–C–N with tert-alkyl or cyclic N) is 1. The van der Waals surface area contributed by atoms with Crippen LogP contribution >= 0.6 is 0 Å². The average molecular weight is 238 g/mol. The maximum Gasteiger partial charge on any atom is 0.157 e. The highest BCUT2D eigenvalue weighted by Gasteiger charge is 2.25. The highest BCUT2D eigenvalue weighted by Crippen LogP contribution is 2.21. The zero-order valence-corrected chi connectivity index (χ0v) is 10.8. The van der Waals surface area contributed by atoms with Crippen molar-refractivity contribution in [2.75, 3.05) is 32.7 Å². The van der Waals surface area contributed by atoms with Gasteiger partial charge in [-0.25, -0.2) is 0 Å². The average Bonchev–Trinajstić information content (AvgIpc) is 2.63. The Labute approximate surface area is 103 Å². The van der Waals surface area contributed by atoms with E-state index in [2.05, 4.69) is 9.80 Å². The zero-order valence-electron chi connectivity index (χ0n) is 10.8. The molecule has 1 N–H and O–H groups in total. The first-order valence-corrected chi connectivity index (χ1v) is 6.37. The van der Waals surface area contributed by atoms with E-state index in [0.29, 0.717) is 6.42 Å². The first kappa shape index (κ1) is 12.6. The predicted molar refractivity (Wildman–Crippen MR) is 66.6 cm³/mol. The van der Waals surface area contributed by atoms with Crippen molar-refractivity contribution in [2.45, 2.75) is 32.3 Å². The van der Waals surface area contributed by atoms with Gasteiger partial charge in [0.15, 0.2) is 5.78 Å². The Kier molecular flexibility index (Phi) is 3.54. The molecular weight excluding hydrogens is 216 g/mol. The van der Waals surface area contributed by atoms with Crippen molar-refractivity contribution in [1.82, 2.24) is 9.80 Å². The van der Waals surface area contributed by atoms with Crippen LogP contribution < -0.4 is 0 Å². The molecular formula is C13H22N2O2. The summed E-state index contributed by atoms with van der Waals surface area (Å²) in [6, 6.07) is 0. The van der Waals surface area contributed by atoms with Crippen molar-refractivity contribution >= 4 is 5.78 Å². The van der Waals surface area contributed by atoms with Gasteiger partial charge in [-0.05, 0) is 20.3 Å². The summed E-state index contributed by atoms with van der Waals surface area (Å²) < 4.78 is 0. The number of rotatable bonds is 3. The van der Waals surface area contributed by atoms with Crippen LogP contribution in [0, 0.1) is 0 Å². The number of carbonyl (C=O) groups excluding carboxylic acids is 1. The normalized spacial score (nSPS) is 23.1. The summed E-state index contributed by atoms with van der Waals surface area (Å²) in [4.78, 5) is 15.8. The van der Waals surface area contributed by atoms with Crippen molar-refractivity contribution in [2.24, 2.45) is 0 Å². The molecule has 2 aliphatic rings. The highest BCUT2D eigenvalue weighted by molar-refractivity contribution is 5.92. The quantitative estimate of drug-likeness (QED) is 0.783. The van der Waals surface area contributed by atoms with Crippen molar-refractivity contribution in [1.29, 1.82) is 0 Å². The van der Waals surface area contributed by atoms with Gasteiger partial charge in [0, 0.05) is 50.9 Å². The Morgan fingerprint density at radius 2 is 1.88 bits per heavy atom. The van der Waals surface area contributed by atoms with Crippen molar-refractivity contribution in [3.05, 3.63) is 11.8 Å². The fourth-order valence-corrected chi connectivity index (χ4v) is 2.57. The number of ketones is 1. The molecule has 0 bridgehead atoms. The Morgan fingerprint density at radius 3 is 2.35 bits per heavy atom. The molecule has 0 amide bonds. The molecule has 4 heteroatoms. The summed E-state index contributed by atoms with van der Waals surface area (Å²) >= 11 is 0. The third-order valence-electron chi connectivity index (χ3n) is 3.34. The minimum absolute atomic E-state index is 0.263. The second-order valence-electron chi connectivity index (χ2n) is 5.68. The molecule has 0 radical (unpaired) electrons. The summed E-state index contributed by atoms with van der Waals surface area (Å²) in [5.74, 6) is 0.263. The molecule has 0 saturated carbocycles. The molecule has 1 saturated heterocycles. The second-order valence-corrected chi connectivity index (χ2v) is 5.68. The Bertz CT molecular complexity index is 323. The van der Waals surface area contributed by atoms with Crippen LogP contribution in [-0.2, 0) is 4.79 Å². The van der Waals surface area contributed by atoms with Crippen LogP contribution in [-0.4, -0.2) is 59.0 Å². The third kappa shape index (κ3) is 3.54. The van der Waals surface area contributed by atoms with E-state index in [0.717, 1.165) is 39.1 Å². The molecule has 0 aromatic rings. The van der Waals surface area contributed by atoms with E-state index < -0.39 is 5.60 Å². The molecule has 0 aromatic heterocycles. The van der Waals surface area contributed by atoms with Crippen LogP contribution in [0.5, 0.6) is 0 Å². The van der Waals surface area contributed by atoms with Crippen LogP contribution in [0.25, 0.3) is 0 Å². The number of allylic oxidation sites excluding steroid dienone is 2. The number of hydrogen-bond donors (Lipinski definition) is 1. The van der Waals surface area contributed by atoms with Crippen LogP contribution in [0.15, 0.2) is 11.8 Å². The van der Waals surface area contributed by atoms with Gasteiger partial charge in [-0.2, -0.15) is 0 Å². The van der Waals surface area contributed by atoms with Gasteiger partial charge in [0.1, 0.15) is 0 Å². The number of aliphatic hydroxyl groups is 1. The van der Waals surface area contributed by atoms with Crippen LogP contribution in [0.3, 0.4) is 0 Å². The van der Waals surface area contributed by atoms with E-state index in [1.54, 1.807) is 6.08 Å². The summed E-state index contributed by atoms with van der Waals surface area (Å²) in [5, 5.41) is 9.77. The first-order valence-electron chi connectivity index (χ1n) is 6.37. The molecule has 1 fully saturated rings. The number of nitrogens with zero attached hydrogens (tertiary/aromatic N) is 2. The molecule has 0 spiro atoms. The van der Waals surface area contributed by atoms with E-state index in [-0.39, 0.29) is 5.78 Å². The monoisotopic (exact) mass is 238 g/mol. The Morgan fingerprint density at radius 1 is 1.24 bits per heavy atom. The summed E-state index contributed by atoms with van der Waals surface area (Å²) in [6.07, 6.45) is 3.38. The van der Waals surface area contributed by atoms with Crippen LogP contribution in [0.2, 0.25) is 0 Å². The van der Waals surface area contributed by atoms with E-state index in [9.17, 15) is 9.90 Å². The van der Waals surface area contributed by atoms with Gasteiger partial charge in [0.05, 0.1) is 5.60 Å². The SMILES string of the molecule is CC(C)(O)CN1CCN(C2=CC(=O)CC2)CC1. The second kappa shape index (κ2) is 4.78. The Hall–Kier alpha value is -0.870. The molecule has 1 aliphatic carbocycles. The topological polar surface area (TPSA) is 43.8 Å². The van der Waals surface area contributed by atoms with Crippen LogP contribution in [0.1, 0.15) is 26.7 Å². The smallest absolute Gasteiger partial charge is 0.157 e. The fourth-order valence-electron chi connectivity index (χ4n) is 2.57. The predicted octanol–water partition coefficient (Wildman–Crippen LogP) is 0.622. The van der Waals surface area contributed by atoms with Gasteiger partial charge in [0.25, 0.3) is 0 Å². The maximum atomic E-state index is 11.2. The first-order chi connectivity index (χ1) is 7.94. The summed E-state index contributed by atoms with van der Waals surface area (Å²) in [5.41, 5.74) is 0.586. The third-order valence-corrected chi connectivity index (χ3v) is 3.34. The Balaban J connectivity index is 1.82. The number of piperazine rings is 1. The van der Waals surface area contributed by atoms with E-state index in [1.165, 1.54) is 5.70 Å². The molecule has 1 aliphatic heterocycles. The lowest BCUT2D eigenvalue weighted by Gasteiger charge is -2.38. The van der Waals surface area contributed by atoms with Gasteiger partial charge in [-0.1, -0.05) is 0 Å². The van der Waals surface area contributed by atoms with E-state index in [4.69, 9.17) is 0 Å².